The molecule has 1 aliphatic heterocycles. The number of para-hydroxylation sites is 1. The van der Waals surface area contributed by atoms with Crippen LogP contribution in [-0.2, 0) is 9.59 Å². The van der Waals surface area contributed by atoms with Gasteiger partial charge in [-0.05, 0) is 29.2 Å². The largest absolute Gasteiger partial charge is 0.354 e. The van der Waals surface area contributed by atoms with E-state index in [1.54, 1.807) is 4.90 Å². The Hall–Kier alpha value is -3.86. The Balaban J connectivity index is 1.52. The molecule has 0 aliphatic carbocycles. The zero-order chi connectivity index (χ0) is 22.6. The van der Waals surface area contributed by atoms with Crippen LogP contribution < -0.4 is 5.32 Å². The highest BCUT2D eigenvalue weighted by molar-refractivity contribution is 5.92. The molecular formula is C28H27N3O2. The van der Waals surface area contributed by atoms with Gasteiger partial charge >= 0.3 is 0 Å². The number of nitrogens with zero attached hydrogens (tertiary/aromatic N) is 1. The lowest BCUT2D eigenvalue weighted by Gasteiger charge is -2.21. The highest BCUT2D eigenvalue weighted by Crippen LogP contribution is 2.38. The van der Waals surface area contributed by atoms with Crippen molar-refractivity contribution in [2.24, 2.45) is 0 Å². The van der Waals surface area contributed by atoms with Crippen LogP contribution >= 0.6 is 0 Å². The van der Waals surface area contributed by atoms with Crippen LogP contribution in [0.15, 0.2) is 84.9 Å². The van der Waals surface area contributed by atoms with Gasteiger partial charge in [0.1, 0.15) is 0 Å². The second-order valence-corrected chi connectivity index (χ2v) is 8.51. The van der Waals surface area contributed by atoms with Gasteiger partial charge in [0.25, 0.3) is 0 Å². The second-order valence-electron chi connectivity index (χ2n) is 8.51. The maximum atomic E-state index is 12.8. The van der Waals surface area contributed by atoms with E-state index in [1.165, 1.54) is 5.56 Å². The van der Waals surface area contributed by atoms with E-state index < -0.39 is 0 Å². The molecule has 0 bridgehead atoms. The van der Waals surface area contributed by atoms with Crippen molar-refractivity contribution in [3.8, 4) is 11.3 Å². The van der Waals surface area contributed by atoms with Crippen LogP contribution in [0, 0.1) is 0 Å². The summed E-state index contributed by atoms with van der Waals surface area (Å²) in [7, 11) is 0. The summed E-state index contributed by atoms with van der Waals surface area (Å²) >= 11 is 0. The van der Waals surface area contributed by atoms with Gasteiger partial charge in [-0.2, -0.15) is 0 Å². The predicted octanol–water partition coefficient (Wildman–Crippen LogP) is 4.71. The molecule has 3 aromatic carbocycles. The molecule has 2 N–H and O–H groups in total. The van der Waals surface area contributed by atoms with E-state index >= 15 is 0 Å². The molecule has 0 saturated carbocycles. The molecule has 0 unspecified atom stereocenters. The van der Waals surface area contributed by atoms with Gasteiger partial charge in [0.2, 0.25) is 11.8 Å². The van der Waals surface area contributed by atoms with Crippen LogP contribution in [-0.4, -0.2) is 41.3 Å². The zero-order valence-electron chi connectivity index (χ0n) is 18.5. The van der Waals surface area contributed by atoms with Crippen LogP contribution in [0.4, 0.5) is 0 Å². The van der Waals surface area contributed by atoms with E-state index in [9.17, 15) is 9.59 Å². The number of hydrogen-bond acceptors (Lipinski definition) is 2. The number of nitrogens with one attached hydrogen (secondary N) is 2. The quantitative estimate of drug-likeness (QED) is 0.440. The zero-order valence-corrected chi connectivity index (χ0v) is 18.5. The van der Waals surface area contributed by atoms with Crippen molar-refractivity contribution in [1.29, 1.82) is 0 Å². The number of benzene rings is 3. The van der Waals surface area contributed by atoms with Gasteiger partial charge in [0, 0.05) is 36.3 Å². The fourth-order valence-electron chi connectivity index (χ4n) is 4.75. The standard InChI is InChI=1S/C28H27N3O2/c32-25(19-31-17-9-16-26(31)33)29-18-23(20-10-3-1-4-11-20)27-22-14-7-8-15-24(22)30-28(27)21-12-5-2-6-13-21/h1-8,10-15,23,30H,9,16-19H2,(H,29,32)/t23-/m0/s1. The average molecular weight is 438 g/mol. The van der Waals surface area contributed by atoms with Crippen LogP contribution in [0.2, 0.25) is 0 Å². The van der Waals surface area contributed by atoms with Crippen LogP contribution in [0.5, 0.6) is 0 Å². The monoisotopic (exact) mass is 437 g/mol. The van der Waals surface area contributed by atoms with Crippen molar-refractivity contribution in [2.45, 2.75) is 18.8 Å². The summed E-state index contributed by atoms with van der Waals surface area (Å²) in [5.74, 6) is -0.101. The maximum absolute atomic E-state index is 12.8. The third-order valence-corrected chi connectivity index (χ3v) is 6.37. The first-order valence-corrected chi connectivity index (χ1v) is 11.5. The Kier molecular flexibility index (Phi) is 5.94. The predicted molar refractivity (Wildman–Crippen MR) is 131 cm³/mol. The van der Waals surface area contributed by atoms with Crippen molar-refractivity contribution in [3.63, 3.8) is 0 Å². The lowest BCUT2D eigenvalue weighted by atomic mass is 9.87. The molecule has 5 nitrogen and oxygen atoms in total. The summed E-state index contributed by atoms with van der Waals surface area (Å²) < 4.78 is 0. The van der Waals surface area contributed by atoms with E-state index in [1.807, 2.05) is 48.5 Å². The fraction of sp³-hybridized carbons (Fsp3) is 0.214. The van der Waals surface area contributed by atoms with Gasteiger partial charge in [-0.25, -0.2) is 0 Å². The first kappa shape index (κ1) is 21.0. The highest BCUT2D eigenvalue weighted by atomic mass is 16.2. The summed E-state index contributed by atoms with van der Waals surface area (Å²) in [6, 6.07) is 28.9. The number of aromatic amines is 1. The minimum atomic E-state index is -0.118. The Bertz CT molecular complexity index is 1260. The van der Waals surface area contributed by atoms with Crippen LogP contribution in [0.1, 0.15) is 29.9 Å². The molecule has 2 amide bonds. The molecule has 166 valence electrons. The maximum Gasteiger partial charge on any atom is 0.239 e. The summed E-state index contributed by atoms with van der Waals surface area (Å²) in [4.78, 5) is 30.0. The molecule has 0 spiro atoms. The first-order valence-electron chi connectivity index (χ1n) is 11.5. The molecule has 4 aromatic rings. The normalized spacial score (nSPS) is 14.5. The highest BCUT2D eigenvalue weighted by Gasteiger charge is 2.26. The van der Waals surface area contributed by atoms with Crippen molar-refractivity contribution in [1.82, 2.24) is 15.2 Å². The molecule has 1 fully saturated rings. The SMILES string of the molecule is O=C(CN1CCCC1=O)NC[C@@H](c1ccccc1)c1c(-c2ccccc2)[nH]c2ccccc12. The van der Waals surface area contributed by atoms with Gasteiger partial charge in [-0.15, -0.1) is 0 Å². The number of carbonyl (C=O) groups is 2. The minimum absolute atomic E-state index is 0.0456. The smallest absolute Gasteiger partial charge is 0.239 e. The molecule has 33 heavy (non-hydrogen) atoms. The van der Waals surface area contributed by atoms with E-state index in [4.69, 9.17) is 0 Å². The second kappa shape index (κ2) is 9.33. The van der Waals surface area contributed by atoms with Crippen molar-refractivity contribution < 1.29 is 9.59 Å². The number of aromatic nitrogens is 1. The summed E-state index contributed by atoms with van der Waals surface area (Å²) in [6.07, 6.45) is 1.37. The van der Waals surface area contributed by atoms with Gasteiger partial charge in [0.05, 0.1) is 12.2 Å². The average Bonchev–Trinajstić information content (AvgIpc) is 3.44. The molecular weight excluding hydrogens is 410 g/mol. The molecule has 2 heterocycles. The number of likely N-dealkylation sites (tertiary alicyclic amines) is 1. The van der Waals surface area contributed by atoms with Gasteiger partial charge in [0.15, 0.2) is 0 Å². The van der Waals surface area contributed by atoms with Crippen LogP contribution in [0.3, 0.4) is 0 Å². The van der Waals surface area contributed by atoms with Gasteiger partial charge in [-0.1, -0.05) is 78.9 Å². The Morgan fingerprint density at radius 1 is 0.939 bits per heavy atom. The number of H-pyrrole nitrogens is 1. The van der Waals surface area contributed by atoms with E-state index in [0.717, 1.165) is 34.1 Å². The van der Waals surface area contributed by atoms with Crippen LogP contribution in [0.25, 0.3) is 22.2 Å². The molecule has 1 aliphatic rings. The fourth-order valence-corrected chi connectivity index (χ4v) is 4.75. The molecule has 1 saturated heterocycles. The number of hydrogen-bond donors (Lipinski definition) is 2. The lowest BCUT2D eigenvalue weighted by molar-refractivity contribution is -0.133. The summed E-state index contributed by atoms with van der Waals surface area (Å²) in [5.41, 5.74) is 5.55. The Labute approximate surface area is 193 Å². The number of fused-ring (bicyclic) bond motifs is 1. The summed E-state index contributed by atoms with van der Waals surface area (Å²) in [6.45, 7) is 1.24. The summed E-state index contributed by atoms with van der Waals surface area (Å²) in [5, 5.41) is 4.26. The van der Waals surface area contributed by atoms with Gasteiger partial charge < -0.3 is 15.2 Å². The van der Waals surface area contributed by atoms with E-state index in [0.29, 0.717) is 19.5 Å². The Morgan fingerprint density at radius 2 is 1.64 bits per heavy atom. The first-order chi connectivity index (χ1) is 16.2. The van der Waals surface area contributed by atoms with E-state index in [-0.39, 0.29) is 24.3 Å². The van der Waals surface area contributed by atoms with Crippen molar-refractivity contribution in [3.05, 3.63) is 96.1 Å². The number of carbonyl (C=O) groups excluding carboxylic acids is 2. The van der Waals surface area contributed by atoms with E-state index in [2.05, 4.69) is 46.7 Å². The van der Waals surface area contributed by atoms with Crippen molar-refractivity contribution in [2.75, 3.05) is 19.6 Å². The third-order valence-electron chi connectivity index (χ3n) is 6.37. The molecule has 1 atom stereocenters. The number of amides is 2. The van der Waals surface area contributed by atoms with Gasteiger partial charge in [-0.3, -0.25) is 9.59 Å². The number of rotatable bonds is 7. The molecule has 5 rings (SSSR count). The topological polar surface area (TPSA) is 65.2 Å². The minimum Gasteiger partial charge on any atom is -0.354 e. The lowest BCUT2D eigenvalue weighted by Crippen LogP contribution is -2.39. The third kappa shape index (κ3) is 4.40. The molecule has 1 aromatic heterocycles. The molecule has 5 heteroatoms. The van der Waals surface area contributed by atoms with Crippen molar-refractivity contribution >= 4 is 22.7 Å². The molecule has 0 radical (unpaired) electrons. The Morgan fingerprint density at radius 3 is 2.36 bits per heavy atom.